The van der Waals surface area contributed by atoms with Gasteiger partial charge in [-0.1, -0.05) is 6.07 Å². The minimum absolute atomic E-state index is 0.0787. The van der Waals surface area contributed by atoms with Crippen LogP contribution in [0.25, 0.3) is 0 Å². The second-order valence-electron chi connectivity index (χ2n) is 4.51. The molecule has 102 valence electrons. The van der Waals surface area contributed by atoms with E-state index in [4.69, 9.17) is 5.73 Å². The van der Waals surface area contributed by atoms with Crippen molar-refractivity contribution in [1.29, 1.82) is 0 Å². The highest BCUT2D eigenvalue weighted by molar-refractivity contribution is 7.93. The van der Waals surface area contributed by atoms with E-state index in [0.29, 0.717) is 10.6 Å². The van der Waals surface area contributed by atoms with Crippen LogP contribution in [0.15, 0.2) is 23.1 Å². The Bertz CT molecular complexity index is 550. The second kappa shape index (κ2) is 5.84. The molecule has 1 rings (SSSR count). The summed E-state index contributed by atoms with van der Waals surface area (Å²) in [6.07, 6.45) is 0. The lowest BCUT2D eigenvalue weighted by molar-refractivity contribution is 0.588. The largest absolute Gasteiger partial charge is 0.398 e. The maximum Gasteiger partial charge on any atom is 0.153 e. The van der Waals surface area contributed by atoms with Crippen molar-refractivity contribution in [3.63, 3.8) is 0 Å². The van der Waals surface area contributed by atoms with Crippen molar-refractivity contribution in [1.82, 2.24) is 0 Å². The second-order valence-corrected chi connectivity index (χ2v) is 8.72. The molecule has 0 aliphatic rings. The number of hydrogen-bond donors (Lipinski definition) is 1. The van der Waals surface area contributed by atoms with Crippen molar-refractivity contribution in [2.24, 2.45) is 0 Å². The van der Waals surface area contributed by atoms with Crippen LogP contribution in [-0.4, -0.2) is 29.4 Å². The fraction of sp³-hybridized carbons (Fsp3) is 0.500. The highest BCUT2D eigenvalue weighted by Crippen LogP contribution is 2.18. The number of sulfone groups is 1. The summed E-state index contributed by atoms with van der Waals surface area (Å²) in [4.78, 5) is 0.522. The van der Waals surface area contributed by atoms with Gasteiger partial charge in [0.2, 0.25) is 0 Å². The molecule has 0 aliphatic heterocycles. The van der Waals surface area contributed by atoms with Gasteiger partial charge in [0.15, 0.2) is 9.84 Å². The van der Waals surface area contributed by atoms with Gasteiger partial charge < -0.3 is 5.73 Å². The molecule has 0 bridgehead atoms. The molecule has 0 amide bonds. The van der Waals surface area contributed by atoms with E-state index in [0.717, 1.165) is 5.56 Å². The zero-order valence-corrected chi connectivity index (χ0v) is 12.5. The van der Waals surface area contributed by atoms with E-state index in [1.807, 2.05) is 13.0 Å². The molecule has 6 heteroatoms. The van der Waals surface area contributed by atoms with Gasteiger partial charge in [-0.2, -0.15) is 0 Å². The Kier molecular flexibility index (Phi) is 4.92. The van der Waals surface area contributed by atoms with Gasteiger partial charge in [0.25, 0.3) is 0 Å². The number of nitrogens with two attached hydrogens (primary N) is 1. The minimum atomic E-state index is -3.16. The summed E-state index contributed by atoms with van der Waals surface area (Å²) < 4.78 is 35.4. The lowest BCUT2D eigenvalue weighted by Gasteiger charge is -2.09. The van der Waals surface area contributed by atoms with E-state index in [1.54, 1.807) is 26.0 Å². The van der Waals surface area contributed by atoms with Crippen molar-refractivity contribution in [3.05, 3.63) is 23.8 Å². The molecule has 0 fully saturated rings. The summed E-state index contributed by atoms with van der Waals surface area (Å²) in [7, 11) is -4.53. The monoisotopic (exact) mass is 289 g/mol. The first-order chi connectivity index (χ1) is 8.24. The van der Waals surface area contributed by atoms with Crippen LogP contribution < -0.4 is 5.73 Å². The van der Waals surface area contributed by atoms with Crippen LogP contribution in [0.3, 0.4) is 0 Å². The zero-order chi connectivity index (χ0) is 13.9. The Morgan fingerprint density at radius 1 is 1.33 bits per heavy atom. The molecule has 0 saturated carbocycles. The van der Waals surface area contributed by atoms with Crippen LogP contribution in [0.1, 0.15) is 19.4 Å². The number of benzene rings is 1. The normalized spacial score (nSPS) is 13.8. The molecule has 1 atom stereocenters. The van der Waals surface area contributed by atoms with Crippen molar-refractivity contribution in [2.45, 2.75) is 30.9 Å². The molecule has 0 radical (unpaired) electrons. The van der Waals surface area contributed by atoms with Crippen LogP contribution in [0.2, 0.25) is 0 Å². The van der Waals surface area contributed by atoms with E-state index >= 15 is 0 Å². The predicted molar refractivity (Wildman–Crippen MR) is 75.8 cm³/mol. The first-order valence-corrected chi connectivity index (χ1v) is 8.73. The highest BCUT2D eigenvalue weighted by Gasteiger charge is 2.18. The number of anilines is 1. The van der Waals surface area contributed by atoms with Crippen LogP contribution in [0.4, 0.5) is 5.69 Å². The number of aryl methyl sites for hydroxylation is 1. The topological polar surface area (TPSA) is 77.2 Å². The van der Waals surface area contributed by atoms with Gasteiger partial charge in [0, 0.05) is 11.4 Å². The molecule has 1 unspecified atom stereocenters. The van der Waals surface area contributed by atoms with Crippen molar-refractivity contribution < 1.29 is 12.6 Å². The van der Waals surface area contributed by atoms with Gasteiger partial charge in [-0.25, -0.2) is 8.42 Å². The van der Waals surface area contributed by atoms with Crippen molar-refractivity contribution in [2.75, 3.05) is 17.2 Å². The SMILES string of the molecule is Cc1ccc(N)c(S(=O)CCS(=O)(=O)C(C)C)c1. The zero-order valence-electron chi connectivity index (χ0n) is 10.8. The smallest absolute Gasteiger partial charge is 0.153 e. The molecule has 1 aromatic carbocycles. The maximum absolute atomic E-state index is 12.1. The number of hydrogen-bond acceptors (Lipinski definition) is 4. The average molecular weight is 289 g/mol. The molecular formula is C12H19NO3S2. The first-order valence-electron chi connectivity index (χ1n) is 5.70. The van der Waals surface area contributed by atoms with Crippen LogP contribution in [0, 0.1) is 6.92 Å². The summed E-state index contributed by atoms with van der Waals surface area (Å²) in [6, 6.07) is 5.27. The van der Waals surface area contributed by atoms with E-state index in [-0.39, 0.29) is 11.5 Å². The lowest BCUT2D eigenvalue weighted by Crippen LogP contribution is -2.21. The van der Waals surface area contributed by atoms with Crippen molar-refractivity contribution in [3.8, 4) is 0 Å². The van der Waals surface area contributed by atoms with Gasteiger partial charge in [-0.05, 0) is 38.5 Å². The summed E-state index contributed by atoms with van der Waals surface area (Å²) in [5.41, 5.74) is 7.15. The molecule has 0 heterocycles. The van der Waals surface area contributed by atoms with E-state index in [2.05, 4.69) is 0 Å². The van der Waals surface area contributed by atoms with Gasteiger partial charge in [0.05, 0.1) is 26.7 Å². The summed E-state index contributed by atoms with van der Waals surface area (Å²) in [5.74, 6) is 0.0127. The molecule has 0 aromatic heterocycles. The third-order valence-electron chi connectivity index (χ3n) is 2.69. The Morgan fingerprint density at radius 2 is 1.94 bits per heavy atom. The Morgan fingerprint density at radius 3 is 2.50 bits per heavy atom. The summed E-state index contributed by atoms with van der Waals surface area (Å²) in [6.45, 7) is 5.13. The highest BCUT2D eigenvalue weighted by atomic mass is 32.2. The molecule has 2 N–H and O–H groups in total. The maximum atomic E-state index is 12.1. The van der Waals surface area contributed by atoms with Crippen LogP contribution in [0.5, 0.6) is 0 Å². The standard InChI is InChI=1S/C12H19NO3S2/c1-9(2)18(15,16)7-6-17(14)12-8-10(3)4-5-11(12)13/h4-5,8-9H,6-7,13H2,1-3H3. The fourth-order valence-corrected chi connectivity index (χ4v) is 4.25. The Balaban J connectivity index is 2.81. The van der Waals surface area contributed by atoms with Crippen LogP contribution in [-0.2, 0) is 20.6 Å². The molecule has 0 saturated heterocycles. The number of nitrogen functional groups attached to an aromatic ring is 1. The molecule has 4 nitrogen and oxygen atoms in total. The fourth-order valence-electron chi connectivity index (χ4n) is 1.38. The number of rotatable bonds is 5. The summed E-state index contributed by atoms with van der Waals surface area (Å²) >= 11 is 0. The molecule has 18 heavy (non-hydrogen) atoms. The molecule has 0 spiro atoms. The van der Waals surface area contributed by atoms with Gasteiger partial charge in [-0.15, -0.1) is 0 Å². The third kappa shape index (κ3) is 3.81. The summed E-state index contributed by atoms with van der Waals surface area (Å²) in [5, 5.41) is -0.440. The molecule has 0 aliphatic carbocycles. The van der Waals surface area contributed by atoms with E-state index in [9.17, 15) is 12.6 Å². The van der Waals surface area contributed by atoms with Gasteiger partial charge in [0.1, 0.15) is 0 Å². The minimum Gasteiger partial charge on any atom is -0.398 e. The molecular weight excluding hydrogens is 270 g/mol. The Hall–Kier alpha value is -0.880. The quantitative estimate of drug-likeness (QED) is 0.833. The van der Waals surface area contributed by atoms with E-state index < -0.39 is 25.9 Å². The van der Waals surface area contributed by atoms with E-state index in [1.165, 1.54) is 0 Å². The van der Waals surface area contributed by atoms with Crippen LogP contribution >= 0.6 is 0 Å². The Labute approximate surface area is 111 Å². The predicted octanol–water partition coefficient (Wildman–Crippen LogP) is 1.51. The van der Waals surface area contributed by atoms with Gasteiger partial charge >= 0.3 is 0 Å². The van der Waals surface area contributed by atoms with Gasteiger partial charge in [-0.3, -0.25) is 4.21 Å². The lowest BCUT2D eigenvalue weighted by atomic mass is 10.2. The third-order valence-corrected chi connectivity index (χ3v) is 6.57. The molecule has 1 aromatic rings. The average Bonchev–Trinajstić information content (AvgIpc) is 2.29. The first kappa shape index (κ1) is 15.2. The van der Waals surface area contributed by atoms with Crippen molar-refractivity contribution >= 4 is 26.3 Å².